The molecule has 3 aromatic rings. The number of imidazole rings is 1. The first-order valence-electron chi connectivity index (χ1n) is 3.60. The standard InChI is InChI=1S/C9H6N2/c1-2-7-4-5-9-10-6-8(3-1)11(7)9/h1-6H. The van der Waals surface area contributed by atoms with Crippen molar-refractivity contribution in [3.8, 4) is 0 Å². The van der Waals surface area contributed by atoms with Gasteiger partial charge in [-0.05, 0) is 24.3 Å². The Balaban J connectivity index is 2.83. The van der Waals surface area contributed by atoms with Crippen molar-refractivity contribution in [3.05, 3.63) is 36.5 Å². The minimum atomic E-state index is 1.04. The number of aromatic nitrogens is 2. The van der Waals surface area contributed by atoms with Gasteiger partial charge in [0.15, 0.2) is 0 Å². The summed E-state index contributed by atoms with van der Waals surface area (Å²) in [6.45, 7) is 0. The maximum Gasteiger partial charge on any atom is 0.137 e. The van der Waals surface area contributed by atoms with E-state index < -0.39 is 0 Å². The van der Waals surface area contributed by atoms with Gasteiger partial charge in [-0.2, -0.15) is 0 Å². The first kappa shape index (κ1) is 5.13. The van der Waals surface area contributed by atoms with E-state index in [9.17, 15) is 0 Å². The third-order valence-corrected chi connectivity index (χ3v) is 2.01. The lowest BCUT2D eigenvalue weighted by molar-refractivity contribution is 1.32. The van der Waals surface area contributed by atoms with Gasteiger partial charge in [0.25, 0.3) is 0 Å². The molecule has 2 heteroatoms. The smallest absolute Gasteiger partial charge is 0.137 e. The lowest BCUT2D eigenvalue weighted by atomic mass is 10.4. The van der Waals surface area contributed by atoms with E-state index in [1.54, 1.807) is 0 Å². The molecule has 3 aromatic heterocycles. The summed E-state index contributed by atoms with van der Waals surface area (Å²) in [7, 11) is 0. The number of hydrogen-bond donors (Lipinski definition) is 0. The van der Waals surface area contributed by atoms with E-state index in [2.05, 4.69) is 27.6 Å². The summed E-state index contributed by atoms with van der Waals surface area (Å²) in [6.07, 6.45) is 1.89. The zero-order valence-electron chi connectivity index (χ0n) is 5.86. The fourth-order valence-electron chi connectivity index (χ4n) is 1.51. The van der Waals surface area contributed by atoms with Crippen molar-refractivity contribution in [2.24, 2.45) is 0 Å². The van der Waals surface area contributed by atoms with Crippen molar-refractivity contribution < 1.29 is 0 Å². The molecule has 11 heavy (non-hydrogen) atoms. The van der Waals surface area contributed by atoms with E-state index in [1.165, 1.54) is 11.0 Å². The molecule has 3 rings (SSSR count). The summed E-state index contributed by atoms with van der Waals surface area (Å²) in [5, 5.41) is 0. The van der Waals surface area contributed by atoms with Crippen LogP contribution in [-0.2, 0) is 0 Å². The highest BCUT2D eigenvalue weighted by Crippen LogP contribution is 2.15. The van der Waals surface area contributed by atoms with E-state index >= 15 is 0 Å². The average Bonchev–Trinajstić information content (AvgIpc) is 2.60. The highest BCUT2D eigenvalue weighted by atomic mass is 15.0. The Labute approximate surface area is 63.4 Å². The van der Waals surface area contributed by atoms with E-state index in [1.807, 2.05) is 18.3 Å². The molecule has 0 radical (unpaired) electrons. The molecule has 0 bridgehead atoms. The first-order valence-corrected chi connectivity index (χ1v) is 3.60. The third kappa shape index (κ3) is 0.499. The van der Waals surface area contributed by atoms with Crippen molar-refractivity contribution in [1.82, 2.24) is 9.38 Å². The molecule has 0 saturated carbocycles. The largest absolute Gasteiger partial charge is 0.293 e. The fourth-order valence-corrected chi connectivity index (χ4v) is 1.51. The Morgan fingerprint density at radius 2 is 1.91 bits per heavy atom. The molecule has 3 heterocycles. The van der Waals surface area contributed by atoms with Crippen molar-refractivity contribution >= 4 is 16.7 Å². The van der Waals surface area contributed by atoms with Gasteiger partial charge >= 0.3 is 0 Å². The van der Waals surface area contributed by atoms with Gasteiger partial charge in [0, 0.05) is 5.52 Å². The van der Waals surface area contributed by atoms with Gasteiger partial charge in [0.2, 0.25) is 0 Å². The number of hydrogen-bond acceptors (Lipinski definition) is 1. The van der Waals surface area contributed by atoms with Gasteiger partial charge in [-0.1, -0.05) is 6.07 Å². The predicted octanol–water partition coefficient (Wildman–Crippen LogP) is 1.93. The van der Waals surface area contributed by atoms with Crippen LogP contribution in [0.5, 0.6) is 0 Å². The van der Waals surface area contributed by atoms with Crippen LogP contribution in [0, 0.1) is 0 Å². The molecular weight excluding hydrogens is 136 g/mol. The molecule has 0 N–H and O–H groups in total. The second kappa shape index (κ2) is 1.53. The van der Waals surface area contributed by atoms with E-state index in [0.717, 1.165) is 5.65 Å². The summed E-state index contributed by atoms with van der Waals surface area (Å²) in [5.74, 6) is 0. The second-order valence-electron chi connectivity index (χ2n) is 2.66. The Kier molecular flexibility index (Phi) is 0.714. The molecule has 52 valence electrons. The SMILES string of the molecule is c1cc2ccc3ncc(c1)n23. The monoisotopic (exact) mass is 142 g/mol. The zero-order chi connectivity index (χ0) is 7.26. The predicted molar refractivity (Wildman–Crippen MR) is 43.9 cm³/mol. The molecule has 0 aliphatic rings. The van der Waals surface area contributed by atoms with Crippen molar-refractivity contribution in [3.63, 3.8) is 0 Å². The van der Waals surface area contributed by atoms with Gasteiger partial charge in [-0.25, -0.2) is 4.98 Å². The van der Waals surface area contributed by atoms with Gasteiger partial charge in [0.05, 0.1) is 11.7 Å². The van der Waals surface area contributed by atoms with Gasteiger partial charge in [-0.3, -0.25) is 4.40 Å². The molecule has 0 aliphatic heterocycles. The lowest BCUT2D eigenvalue weighted by Crippen LogP contribution is -1.78. The van der Waals surface area contributed by atoms with Crippen LogP contribution in [0.25, 0.3) is 16.7 Å². The van der Waals surface area contributed by atoms with Crippen LogP contribution in [0.15, 0.2) is 36.5 Å². The Morgan fingerprint density at radius 3 is 2.91 bits per heavy atom. The first-order chi connectivity index (χ1) is 5.45. The molecule has 0 aliphatic carbocycles. The average molecular weight is 142 g/mol. The molecule has 0 atom stereocenters. The number of nitrogens with zero attached hydrogens (tertiary/aromatic N) is 2. The third-order valence-electron chi connectivity index (χ3n) is 2.01. The van der Waals surface area contributed by atoms with Crippen LogP contribution in [0.4, 0.5) is 0 Å². The fraction of sp³-hybridized carbons (Fsp3) is 0. The van der Waals surface area contributed by atoms with Crippen LogP contribution < -0.4 is 0 Å². The van der Waals surface area contributed by atoms with Gasteiger partial charge in [-0.15, -0.1) is 0 Å². The maximum absolute atomic E-state index is 4.24. The Bertz CT molecular complexity index is 444. The normalized spacial score (nSPS) is 11.6. The van der Waals surface area contributed by atoms with Crippen LogP contribution in [-0.4, -0.2) is 9.38 Å². The summed E-state index contributed by atoms with van der Waals surface area (Å²) in [4.78, 5) is 4.24. The highest BCUT2D eigenvalue weighted by Gasteiger charge is 2.00. The lowest BCUT2D eigenvalue weighted by Gasteiger charge is -1.91. The van der Waals surface area contributed by atoms with Crippen LogP contribution in [0.2, 0.25) is 0 Å². The molecule has 0 saturated heterocycles. The highest BCUT2D eigenvalue weighted by molar-refractivity contribution is 5.69. The molecule has 0 unspecified atom stereocenters. The van der Waals surface area contributed by atoms with Crippen molar-refractivity contribution in [2.45, 2.75) is 0 Å². The topological polar surface area (TPSA) is 17.3 Å². The second-order valence-corrected chi connectivity index (χ2v) is 2.66. The van der Waals surface area contributed by atoms with E-state index in [4.69, 9.17) is 0 Å². The summed E-state index contributed by atoms with van der Waals surface area (Å²) < 4.78 is 2.14. The minimum Gasteiger partial charge on any atom is -0.293 e. The van der Waals surface area contributed by atoms with Crippen molar-refractivity contribution in [2.75, 3.05) is 0 Å². The van der Waals surface area contributed by atoms with Gasteiger partial charge in [0.1, 0.15) is 5.65 Å². The Hall–Kier alpha value is -1.57. The molecular formula is C9H6N2. The molecule has 0 fully saturated rings. The van der Waals surface area contributed by atoms with Crippen LogP contribution in [0.3, 0.4) is 0 Å². The molecule has 0 spiro atoms. The zero-order valence-corrected chi connectivity index (χ0v) is 5.86. The molecule has 0 amide bonds. The van der Waals surface area contributed by atoms with E-state index in [-0.39, 0.29) is 0 Å². The maximum atomic E-state index is 4.24. The summed E-state index contributed by atoms with van der Waals surface area (Å²) in [5.41, 5.74) is 3.42. The van der Waals surface area contributed by atoms with Crippen LogP contribution >= 0.6 is 0 Å². The summed E-state index contributed by atoms with van der Waals surface area (Å²) >= 11 is 0. The van der Waals surface area contributed by atoms with Crippen LogP contribution in [0.1, 0.15) is 0 Å². The molecule has 2 nitrogen and oxygen atoms in total. The Morgan fingerprint density at radius 1 is 1.00 bits per heavy atom. The van der Waals surface area contributed by atoms with Crippen molar-refractivity contribution in [1.29, 1.82) is 0 Å². The van der Waals surface area contributed by atoms with Gasteiger partial charge < -0.3 is 0 Å². The minimum absolute atomic E-state index is 1.04. The summed E-state index contributed by atoms with van der Waals surface area (Å²) in [6, 6.07) is 10.3. The number of rotatable bonds is 0. The quantitative estimate of drug-likeness (QED) is 0.468. The van der Waals surface area contributed by atoms with E-state index in [0.29, 0.717) is 0 Å². The molecule has 0 aromatic carbocycles. The number of pyridine rings is 1.